The van der Waals surface area contributed by atoms with Crippen molar-refractivity contribution in [1.82, 2.24) is 19.5 Å². The van der Waals surface area contributed by atoms with E-state index in [0.717, 1.165) is 48.6 Å². The van der Waals surface area contributed by atoms with Crippen molar-refractivity contribution >= 4 is 22.3 Å². The number of thiazole rings is 1. The van der Waals surface area contributed by atoms with Crippen molar-refractivity contribution in [3.05, 3.63) is 46.1 Å². The molecule has 0 amide bonds. The molecule has 0 bridgehead atoms. The van der Waals surface area contributed by atoms with Gasteiger partial charge in [0.25, 0.3) is 0 Å². The van der Waals surface area contributed by atoms with Gasteiger partial charge in [0.1, 0.15) is 0 Å². The molecule has 7 nitrogen and oxygen atoms in total. The Morgan fingerprint density at radius 2 is 1.87 bits per heavy atom. The van der Waals surface area contributed by atoms with Gasteiger partial charge in [-0.15, -0.1) is 5.10 Å². The molecule has 0 aliphatic carbocycles. The number of fused-ring (bicyclic) bond motifs is 1. The van der Waals surface area contributed by atoms with Crippen LogP contribution in [0.25, 0.3) is 4.96 Å². The number of aromatic hydroxyl groups is 1. The summed E-state index contributed by atoms with van der Waals surface area (Å²) in [7, 11) is 1.45. The van der Waals surface area contributed by atoms with Crippen LogP contribution in [0.15, 0.2) is 24.3 Å². The Bertz CT molecular complexity index is 1050. The molecular formula is C23H30N4O3S. The molecule has 166 valence electrons. The lowest BCUT2D eigenvalue weighted by Crippen LogP contribution is -2.39. The fourth-order valence-corrected chi connectivity index (χ4v) is 5.41. The van der Waals surface area contributed by atoms with E-state index in [4.69, 9.17) is 4.74 Å². The maximum Gasteiger partial charge on any atom is 0.308 e. The van der Waals surface area contributed by atoms with Crippen molar-refractivity contribution < 1.29 is 14.6 Å². The lowest BCUT2D eigenvalue weighted by molar-refractivity contribution is -0.147. The summed E-state index contributed by atoms with van der Waals surface area (Å²) in [5.41, 5.74) is 2.41. The highest BCUT2D eigenvalue weighted by molar-refractivity contribution is 7.17. The van der Waals surface area contributed by atoms with Crippen LogP contribution in [0.3, 0.4) is 0 Å². The van der Waals surface area contributed by atoms with Crippen LogP contribution in [0, 0.1) is 5.92 Å². The van der Waals surface area contributed by atoms with Crippen molar-refractivity contribution in [2.24, 2.45) is 5.92 Å². The molecule has 31 heavy (non-hydrogen) atoms. The summed E-state index contributed by atoms with van der Waals surface area (Å²) in [4.78, 5) is 20.4. The van der Waals surface area contributed by atoms with E-state index >= 15 is 0 Å². The summed E-state index contributed by atoms with van der Waals surface area (Å²) in [6.07, 6.45) is 2.22. The lowest BCUT2D eigenvalue weighted by atomic mass is 9.93. The number of carbonyl (C=O) groups excluding carboxylic acids is 1. The number of ether oxygens (including phenoxy) is 1. The van der Waals surface area contributed by atoms with Gasteiger partial charge in [0, 0.05) is 6.42 Å². The molecule has 0 unspecified atom stereocenters. The van der Waals surface area contributed by atoms with E-state index in [2.05, 4.69) is 53.1 Å². The number of likely N-dealkylation sites (tertiary alicyclic amines) is 1. The second-order valence-electron chi connectivity index (χ2n) is 8.42. The van der Waals surface area contributed by atoms with E-state index in [1.165, 1.54) is 24.0 Å². The topological polar surface area (TPSA) is 80.0 Å². The number of aromatic nitrogens is 3. The molecular weight excluding hydrogens is 412 g/mol. The largest absolute Gasteiger partial charge is 0.492 e. The maximum atomic E-state index is 12.0. The van der Waals surface area contributed by atoms with Crippen LogP contribution in [0.1, 0.15) is 67.4 Å². The van der Waals surface area contributed by atoms with Gasteiger partial charge in [-0.05, 0) is 43.0 Å². The van der Waals surface area contributed by atoms with Crippen LogP contribution >= 0.6 is 11.3 Å². The number of piperidine rings is 1. The van der Waals surface area contributed by atoms with Crippen molar-refractivity contribution in [3.63, 3.8) is 0 Å². The highest BCUT2D eigenvalue weighted by Gasteiger charge is 2.34. The quantitative estimate of drug-likeness (QED) is 0.578. The normalized spacial score (nSPS) is 16.8. The number of methoxy groups -OCH3 is 1. The average Bonchev–Trinajstić information content (AvgIpc) is 3.33. The Hall–Kier alpha value is -2.45. The number of rotatable bonds is 6. The van der Waals surface area contributed by atoms with E-state index in [-0.39, 0.29) is 23.8 Å². The van der Waals surface area contributed by atoms with Crippen LogP contribution in [0.4, 0.5) is 0 Å². The highest BCUT2D eigenvalue weighted by atomic mass is 32.1. The molecule has 3 aromatic rings. The number of nitrogens with zero attached hydrogens (tertiary/aromatic N) is 4. The van der Waals surface area contributed by atoms with Gasteiger partial charge in [-0.2, -0.15) is 4.52 Å². The van der Waals surface area contributed by atoms with E-state index in [9.17, 15) is 9.90 Å². The maximum absolute atomic E-state index is 12.0. The van der Waals surface area contributed by atoms with Crippen molar-refractivity contribution in [1.29, 1.82) is 0 Å². The first-order chi connectivity index (χ1) is 14.9. The smallest absolute Gasteiger partial charge is 0.308 e. The summed E-state index contributed by atoms with van der Waals surface area (Å²) in [6.45, 7) is 7.87. The zero-order chi connectivity index (χ0) is 22.1. The molecule has 1 N–H and O–H groups in total. The minimum atomic E-state index is -0.133. The van der Waals surface area contributed by atoms with Crippen molar-refractivity contribution in [2.75, 3.05) is 20.2 Å². The lowest BCUT2D eigenvalue weighted by Gasteiger charge is -2.36. The first-order valence-corrected chi connectivity index (χ1v) is 11.7. The van der Waals surface area contributed by atoms with Crippen LogP contribution < -0.4 is 0 Å². The molecule has 0 spiro atoms. The third-order valence-corrected chi connectivity index (χ3v) is 7.23. The van der Waals surface area contributed by atoms with Crippen molar-refractivity contribution in [2.45, 2.75) is 52.0 Å². The zero-order valence-corrected chi connectivity index (χ0v) is 19.4. The predicted molar refractivity (Wildman–Crippen MR) is 121 cm³/mol. The van der Waals surface area contributed by atoms with Crippen LogP contribution in [-0.2, 0) is 16.0 Å². The van der Waals surface area contributed by atoms with Gasteiger partial charge in [-0.3, -0.25) is 9.69 Å². The Balaban J connectivity index is 1.70. The molecule has 3 heterocycles. The molecule has 1 aliphatic rings. The van der Waals surface area contributed by atoms with Gasteiger partial charge in [0.2, 0.25) is 10.8 Å². The second kappa shape index (κ2) is 8.96. The fourth-order valence-electron chi connectivity index (χ4n) is 4.27. The standard InChI is InChI=1S/C23H30N4O3S/c1-5-18-24-23-27(25-18)21(28)20(31-23)19(16-8-6-15(7-9-16)14(2)3)26-12-10-17(11-13-26)22(29)30-4/h6-9,14,17,19,28H,5,10-13H2,1-4H3/t19-/m1/s1. The molecule has 1 fully saturated rings. The molecule has 0 saturated carbocycles. The van der Waals surface area contributed by atoms with Gasteiger partial charge >= 0.3 is 5.97 Å². The predicted octanol–water partition coefficient (Wildman–Crippen LogP) is 4.16. The summed E-state index contributed by atoms with van der Waals surface area (Å²) in [6, 6.07) is 8.52. The molecule has 1 aromatic carbocycles. The van der Waals surface area contributed by atoms with E-state index < -0.39 is 0 Å². The third-order valence-electron chi connectivity index (χ3n) is 6.16. The van der Waals surface area contributed by atoms with Gasteiger partial charge in [-0.25, -0.2) is 4.98 Å². The first-order valence-electron chi connectivity index (χ1n) is 10.9. The Labute approximate surface area is 186 Å². The van der Waals surface area contributed by atoms with Crippen LogP contribution in [-0.4, -0.2) is 50.8 Å². The van der Waals surface area contributed by atoms with E-state index in [1.54, 1.807) is 4.52 Å². The van der Waals surface area contributed by atoms with E-state index in [0.29, 0.717) is 10.9 Å². The number of carbonyl (C=O) groups is 1. The Morgan fingerprint density at radius 1 is 1.23 bits per heavy atom. The molecule has 2 aromatic heterocycles. The summed E-state index contributed by atoms with van der Waals surface area (Å²) in [5, 5.41) is 15.5. The monoisotopic (exact) mass is 442 g/mol. The average molecular weight is 443 g/mol. The van der Waals surface area contributed by atoms with Gasteiger partial charge in [0.05, 0.1) is 23.9 Å². The molecule has 1 atom stereocenters. The van der Waals surface area contributed by atoms with Gasteiger partial charge in [-0.1, -0.05) is 56.4 Å². The minimum absolute atomic E-state index is 0.0618. The third kappa shape index (κ3) is 4.19. The Morgan fingerprint density at radius 3 is 2.42 bits per heavy atom. The molecule has 4 rings (SSSR count). The molecule has 1 saturated heterocycles. The number of esters is 1. The molecule has 0 radical (unpaired) electrons. The van der Waals surface area contributed by atoms with Crippen LogP contribution in [0.2, 0.25) is 0 Å². The summed E-state index contributed by atoms with van der Waals surface area (Å²) < 4.78 is 6.50. The molecule has 1 aliphatic heterocycles. The summed E-state index contributed by atoms with van der Waals surface area (Å²) in [5.74, 6) is 1.14. The van der Waals surface area contributed by atoms with Crippen molar-refractivity contribution in [3.8, 4) is 5.88 Å². The van der Waals surface area contributed by atoms with Crippen LogP contribution in [0.5, 0.6) is 5.88 Å². The number of hydrogen-bond acceptors (Lipinski definition) is 7. The molecule has 8 heteroatoms. The highest BCUT2D eigenvalue weighted by Crippen LogP contribution is 2.41. The zero-order valence-electron chi connectivity index (χ0n) is 18.5. The second-order valence-corrected chi connectivity index (χ2v) is 9.43. The summed E-state index contributed by atoms with van der Waals surface area (Å²) >= 11 is 1.48. The Kier molecular flexibility index (Phi) is 6.29. The number of benzene rings is 1. The number of hydrogen-bond donors (Lipinski definition) is 1. The number of aryl methyl sites for hydroxylation is 1. The fraction of sp³-hybridized carbons (Fsp3) is 0.522. The van der Waals surface area contributed by atoms with E-state index in [1.807, 2.05) is 6.92 Å². The van der Waals surface area contributed by atoms with Gasteiger partial charge < -0.3 is 9.84 Å². The minimum Gasteiger partial charge on any atom is -0.492 e. The van der Waals surface area contributed by atoms with Gasteiger partial charge in [0.15, 0.2) is 5.82 Å². The first kappa shape index (κ1) is 21.8. The SMILES string of the molecule is CCc1nc2sc([C@@H](c3ccc(C(C)C)cc3)N3CCC(C(=O)OC)CC3)c(O)n2n1.